The molecule has 0 spiro atoms. The van der Waals surface area contributed by atoms with Crippen LogP contribution in [-0.4, -0.2) is 6.54 Å². The molecule has 0 aromatic heterocycles. The first-order valence-electron chi connectivity index (χ1n) is 5.27. The molecule has 78 valence electrons. The molecule has 1 nitrogen and oxygen atoms in total. The van der Waals surface area contributed by atoms with Gasteiger partial charge in [0.25, 0.3) is 0 Å². The van der Waals surface area contributed by atoms with Gasteiger partial charge in [-0.05, 0) is 19.0 Å². The molecule has 1 N–H and O–H groups in total. The van der Waals surface area contributed by atoms with Crippen molar-refractivity contribution in [3.05, 3.63) is 35.6 Å². The second-order valence-electron chi connectivity index (χ2n) is 3.42. The first-order valence-corrected chi connectivity index (χ1v) is 5.27. The topological polar surface area (TPSA) is 12.0 Å². The van der Waals surface area contributed by atoms with Gasteiger partial charge < -0.3 is 5.32 Å². The minimum Gasteiger partial charge on any atom is -0.310 e. The highest BCUT2D eigenvalue weighted by molar-refractivity contribution is 5.21. The maximum absolute atomic E-state index is 13.4. The lowest BCUT2D eigenvalue weighted by Gasteiger charge is -2.17. The Bertz CT molecular complexity index is 267. The van der Waals surface area contributed by atoms with Crippen molar-refractivity contribution in [2.45, 2.75) is 32.7 Å². The summed E-state index contributed by atoms with van der Waals surface area (Å²) in [5.41, 5.74) is 0.788. The molecule has 0 saturated heterocycles. The predicted molar refractivity (Wildman–Crippen MR) is 57.7 cm³/mol. The van der Waals surface area contributed by atoms with E-state index in [-0.39, 0.29) is 11.9 Å². The number of hydrogen-bond donors (Lipinski definition) is 1. The largest absolute Gasteiger partial charge is 0.310 e. The molecule has 0 amide bonds. The summed E-state index contributed by atoms with van der Waals surface area (Å²) in [6.07, 6.45) is 2.04. The molecule has 0 aliphatic carbocycles. The highest BCUT2D eigenvalue weighted by Crippen LogP contribution is 2.20. The molecule has 1 aromatic carbocycles. The van der Waals surface area contributed by atoms with E-state index >= 15 is 0 Å². The quantitative estimate of drug-likeness (QED) is 0.760. The third-order valence-corrected chi connectivity index (χ3v) is 2.31. The Hall–Kier alpha value is -0.890. The van der Waals surface area contributed by atoms with Crippen LogP contribution in [0.2, 0.25) is 0 Å². The minimum atomic E-state index is -0.105. The molecule has 1 rings (SSSR count). The van der Waals surface area contributed by atoms with E-state index < -0.39 is 0 Å². The van der Waals surface area contributed by atoms with Crippen LogP contribution in [0.4, 0.5) is 4.39 Å². The number of hydrogen-bond acceptors (Lipinski definition) is 1. The molecular formula is C12H18FN. The van der Waals surface area contributed by atoms with Crippen molar-refractivity contribution in [3.63, 3.8) is 0 Å². The van der Waals surface area contributed by atoms with Crippen molar-refractivity contribution in [2.24, 2.45) is 0 Å². The normalized spacial score (nSPS) is 12.8. The molecule has 0 bridgehead atoms. The van der Waals surface area contributed by atoms with Gasteiger partial charge in [0.05, 0.1) is 0 Å². The summed E-state index contributed by atoms with van der Waals surface area (Å²) in [5, 5.41) is 3.30. The molecule has 0 heterocycles. The SMILES string of the molecule is CCCC(NCC)c1ccccc1F. The zero-order chi connectivity index (χ0) is 10.4. The van der Waals surface area contributed by atoms with E-state index in [0.29, 0.717) is 0 Å². The summed E-state index contributed by atoms with van der Waals surface area (Å²) >= 11 is 0. The summed E-state index contributed by atoms with van der Waals surface area (Å²) in [7, 11) is 0. The maximum Gasteiger partial charge on any atom is 0.127 e. The molecule has 0 aliphatic rings. The lowest BCUT2D eigenvalue weighted by atomic mass is 10.0. The van der Waals surface area contributed by atoms with E-state index in [4.69, 9.17) is 0 Å². The van der Waals surface area contributed by atoms with Crippen LogP contribution in [0, 0.1) is 5.82 Å². The third-order valence-electron chi connectivity index (χ3n) is 2.31. The van der Waals surface area contributed by atoms with Gasteiger partial charge in [0.1, 0.15) is 5.82 Å². The average molecular weight is 195 g/mol. The van der Waals surface area contributed by atoms with Gasteiger partial charge in [-0.1, -0.05) is 38.5 Å². The van der Waals surface area contributed by atoms with Gasteiger partial charge in [-0.3, -0.25) is 0 Å². The molecule has 0 aliphatic heterocycles. The second kappa shape index (κ2) is 5.76. The molecule has 1 atom stereocenters. The number of halogens is 1. The van der Waals surface area contributed by atoms with E-state index in [1.165, 1.54) is 6.07 Å². The fraction of sp³-hybridized carbons (Fsp3) is 0.500. The Labute approximate surface area is 85.3 Å². The van der Waals surface area contributed by atoms with Crippen LogP contribution in [0.25, 0.3) is 0 Å². The van der Waals surface area contributed by atoms with E-state index in [2.05, 4.69) is 12.2 Å². The Balaban J connectivity index is 2.81. The molecule has 0 saturated carbocycles. The van der Waals surface area contributed by atoms with Crippen LogP contribution in [0.3, 0.4) is 0 Å². The van der Waals surface area contributed by atoms with Gasteiger partial charge in [-0.25, -0.2) is 4.39 Å². The summed E-state index contributed by atoms with van der Waals surface area (Å²) in [6.45, 7) is 5.04. The van der Waals surface area contributed by atoms with Gasteiger partial charge in [0, 0.05) is 11.6 Å². The number of nitrogens with one attached hydrogen (secondary N) is 1. The highest BCUT2D eigenvalue weighted by atomic mass is 19.1. The van der Waals surface area contributed by atoms with Crippen LogP contribution < -0.4 is 5.32 Å². The molecule has 0 fully saturated rings. The van der Waals surface area contributed by atoms with Crippen LogP contribution in [-0.2, 0) is 0 Å². The molecule has 1 unspecified atom stereocenters. The van der Waals surface area contributed by atoms with Crippen molar-refractivity contribution in [3.8, 4) is 0 Å². The van der Waals surface area contributed by atoms with E-state index in [0.717, 1.165) is 24.9 Å². The van der Waals surface area contributed by atoms with E-state index in [9.17, 15) is 4.39 Å². The van der Waals surface area contributed by atoms with Gasteiger partial charge in [-0.2, -0.15) is 0 Å². The van der Waals surface area contributed by atoms with E-state index in [1.807, 2.05) is 19.1 Å². The lowest BCUT2D eigenvalue weighted by Crippen LogP contribution is -2.21. The standard InChI is InChI=1S/C12H18FN/c1-3-7-12(14-4-2)10-8-5-6-9-11(10)13/h5-6,8-9,12,14H,3-4,7H2,1-2H3. The summed E-state index contributed by atoms with van der Waals surface area (Å²) in [4.78, 5) is 0. The van der Waals surface area contributed by atoms with Crippen LogP contribution >= 0.6 is 0 Å². The van der Waals surface area contributed by atoms with Crippen molar-refractivity contribution >= 4 is 0 Å². The third kappa shape index (κ3) is 2.81. The van der Waals surface area contributed by atoms with Crippen LogP contribution in [0.1, 0.15) is 38.3 Å². The van der Waals surface area contributed by atoms with Gasteiger partial charge in [-0.15, -0.1) is 0 Å². The Morgan fingerprint density at radius 2 is 2.00 bits per heavy atom. The molecule has 14 heavy (non-hydrogen) atoms. The molecule has 2 heteroatoms. The van der Waals surface area contributed by atoms with Gasteiger partial charge in [0.2, 0.25) is 0 Å². The monoisotopic (exact) mass is 195 g/mol. The highest BCUT2D eigenvalue weighted by Gasteiger charge is 2.12. The summed E-state index contributed by atoms with van der Waals surface area (Å²) in [6, 6.07) is 7.16. The first kappa shape index (κ1) is 11.2. The Morgan fingerprint density at radius 1 is 1.29 bits per heavy atom. The Kier molecular flexibility index (Phi) is 4.60. The number of benzene rings is 1. The average Bonchev–Trinajstić information content (AvgIpc) is 2.18. The molecular weight excluding hydrogens is 177 g/mol. The fourth-order valence-corrected chi connectivity index (χ4v) is 1.66. The van der Waals surface area contributed by atoms with Crippen molar-refractivity contribution < 1.29 is 4.39 Å². The van der Waals surface area contributed by atoms with Crippen molar-refractivity contribution in [1.29, 1.82) is 0 Å². The van der Waals surface area contributed by atoms with Crippen LogP contribution in [0.5, 0.6) is 0 Å². The second-order valence-corrected chi connectivity index (χ2v) is 3.42. The van der Waals surface area contributed by atoms with Crippen LogP contribution in [0.15, 0.2) is 24.3 Å². The number of rotatable bonds is 5. The van der Waals surface area contributed by atoms with Crippen molar-refractivity contribution in [2.75, 3.05) is 6.54 Å². The molecule has 1 aromatic rings. The van der Waals surface area contributed by atoms with Gasteiger partial charge in [0.15, 0.2) is 0 Å². The van der Waals surface area contributed by atoms with E-state index in [1.54, 1.807) is 6.07 Å². The smallest absolute Gasteiger partial charge is 0.127 e. The zero-order valence-electron chi connectivity index (χ0n) is 8.89. The lowest BCUT2D eigenvalue weighted by molar-refractivity contribution is 0.481. The summed E-state index contributed by atoms with van der Waals surface area (Å²) < 4.78 is 13.4. The van der Waals surface area contributed by atoms with Gasteiger partial charge >= 0.3 is 0 Å². The predicted octanol–water partition coefficient (Wildman–Crippen LogP) is 3.28. The zero-order valence-corrected chi connectivity index (χ0v) is 8.89. The molecule has 0 radical (unpaired) electrons. The van der Waals surface area contributed by atoms with Crippen molar-refractivity contribution in [1.82, 2.24) is 5.32 Å². The summed E-state index contributed by atoms with van der Waals surface area (Å²) in [5.74, 6) is -0.105. The minimum absolute atomic E-state index is 0.105. The first-order chi connectivity index (χ1) is 6.79. The fourth-order valence-electron chi connectivity index (χ4n) is 1.66. The Morgan fingerprint density at radius 3 is 2.57 bits per heavy atom. The maximum atomic E-state index is 13.4.